The molecular formula is C13H22N2O2. The van der Waals surface area contributed by atoms with Gasteiger partial charge in [0.2, 0.25) is 0 Å². The lowest BCUT2D eigenvalue weighted by molar-refractivity contribution is 0.0256. The number of nitrogens with one attached hydrogen (secondary N) is 1. The molecule has 0 spiro atoms. The van der Waals surface area contributed by atoms with E-state index in [1.165, 1.54) is 11.1 Å². The summed E-state index contributed by atoms with van der Waals surface area (Å²) in [4.78, 5) is 13.8. The number of amides is 1. The van der Waals surface area contributed by atoms with Gasteiger partial charge in [0.25, 0.3) is 0 Å². The number of carbonyl (C=O) groups excluding carboxylic acids is 1. The minimum absolute atomic E-state index is 0.178. The lowest BCUT2D eigenvalue weighted by atomic mass is 9.95. The maximum Gasteiger partial charge on any atom is 0.410 e. The minimum atomic E-state index is -0.403. The number of hydrogen-bond donors (Lipinski definition) is 1. The minimum Gasteiger partial charge on any atom is -0.444 e. The summed E-state index contributed by atoms with van der Waals surface area (Å²) in [5, 5.41) is 3.37. The van der Waals surface area contributed by atoms with Crippen LogP contribution in [0.5, 0.6) is 0 Å². The Morgan fingerprint density at radius 3 is 2.76 bits per heavy atom. The zero-order valence-corrected chi connectivity index (χ0v) is 11.0. The predicted molar refractivity (Wildman–Crippen MR) is 66.9 cm³/mol. The summed E-state index contributed by atoms with van der Waals surface area (Å²) in [5.41, 5.74) is 2.52. The van der Waals surface area contributed by atoms with Gasteiger partial charge in [-0.15, -0.1) is 0 Å². The van der Waals surface area contributed by atoms with Gasteiger partial charge < -0.3 is 15.0 Å². The molecule has 1 N–H and O–H groups in total. The maximum absolute atomic E-state index is 12.0. The van der Waals surface area contributed by atoms with Crippen molar-refractivity contribution in [1.82, 2.24) is 10.2 Å². The molecule has 0 atom stereocenters. The second-order valence-corrected chi connectivity index (χ2v) is 5.79. The molecule has 0 aromatic heterocycles. The predicted octanol–water partition coefficient (Wildman–Crippen LogP) is 1.92. The summed E-state index contributed by atoms with van der Waals surface area (Å²) < 4.78 is 5.41. The topological polar surface area (TPSA) is 41.6 Å². The fourth-order valence-corrected chi connectivity index (χ4v) is 2.30. The van der Waals surface area contributed by atoms with Crippen LogP contribution in [0.4, 0.5) is 4.79 Å². The largest absolute Gasteiger partial charge is 0.444 e. The van der Waals surface area contributed by atoms with E-state index in [0.29, 0.717) is 0 Å². The Morgan fingerprint density at radius 2 is 2.06 bits per heavy atom. The molecule has 0 bridgehead atoms. The average molecular weight is 238 g/mol. The van der Waals surface area contributed by atoms with Gasteiger partial charge >= 0.3 is 6.09 Å². The van der Waals surface area contributed by atoms with E-state index < -0.39 is 5.60 Å². The van der Waals surface area contributed by atoms with Crippen LogP contribution in [-0.4, -0.2) is 42.8 Å². The lowest BCUT2D eigenvalue weighted by Gasteiger charge is -2.34. The number of nitrogens with zero attached hydrogens (tertiary/aromatic N) is 1. The Labute approximate surface area is 103 Å². The van der Waals surface area contributed by atoms with Crippen molar-refractivity contribution in [1.29, 1.82) is 0 Å². The van der Waals surface area contributed by atoms with Gasteiger partial charge in [0.15, 0.2) is 0 Å². The van der Waals surface area contributed by atoms with E-state index in [-0.39, 0.29) is 6.09 Å². The first-order chi connectivity index (χ1) is 7.96. The van der Waals surface area contributed by atoms with Gasteiger partial charge in [-0.05, 0) is 45.7 Å². The van der Waals surface area contributed by atoms with Crippen LogP contribution in [0, 0.1) is 0 Å². The summed E-state index contributed by atoms with van der Waals surface area (Å²) in [5.74, 6) is 0. The van der Waals surface area contributed by atoms with Gasteiger partial charge in [0.1, 0.15) is 5.60 Å². The van der Waals surface area contributed by atoms with Crippen LogP contribution in [0.15, 0.2) is 11.1 Å². The highest BCUT2D eigenvalue weighted by atomic mass is 16.6. The van der Waals surface area contributed by atoms with Gasteiger partial charge in [-0.2, -0.15) is 0 Å². The van der Waals surface area contributed by atoms with Crippen LogP contribution < -0.4 is 5.32 Å². The molecule has 2 rings (SSSR count). The Balaban J connectivity index is 1.97. The Bertz CT molecular complexity index is 342. The molecule has 0 fully saturated rings. The van der Waals surface area contributed by atoms with Crippen LogP contribution in [0.1, 0.15) is 33.6 Å². The van der Waals surface area contributed by atoms with E-state index in [4.69, 9.17) is 4.74 Å². The first-order valence-electron chi connectivity index (χ1n) is 6.34. The number of rotatable bonds is 0. The number of carbonyl (C=O) groups is 1. The van der Waals surface area contributed by atoms with Crippen molar-refractivity contribution in [2.45, 2.75) is 39.2 Å². The molecule has 0 aliphatic carbocycles. The first-order valence-corrected chi connectivity index (χ1v) is 6.34. The van der Waals surface area contributed by atoms with Crippen molar-refractivity contribution in [3.05, 3.63) is 11.1 Å². The number of hydrogen-bond acceptors (Lipinski definition) is 3. The second-order valence-electron chi connectivity index (χ2n) is 5.79. The summed E-state index contributed by atoms with van der Waals surface area (Å²) in [6.45, 7) is 9.29. The molecule has 0 aromatic carbocycles. The molecule has 2 heterocycles. The summed E-state index contributed by atoms with van der Waals surface area (Å²) in [7, 11) is 0. The van der Waals surface area contributed by atoms with Crippen LogP contribution in [0.25, 0.3) is 0 Å². The number of ether oxygens (including phenoxy) is 1. The molecule has 0 saturated carbocycles. The molecule has 0 aromatic rings. The molecule has 4 nitrogen and oxygen atoms in total. The molecule has 1 amide bonds. The van der Waals surface area contributed by atoms with Crippen LogP contribution in [-0.2, 0) is 4.74 Å². The molecule has 2 aliphatic heterocycles. The quantitative estimate of drug-likeness (QED) is 0.656. The monoisotopic (exact) mass is 238 g/mol. The maximum atomic E-state index is 12.0. The van der Waals surface area contributed by atoms with E-state index in [9.17, 15) is 4.79 Å². The Morgan fingerprint density at radius 1 is 1.29 bits per heavy atom. The van der Waals surface area contributed by atoms with Crippen molar-refractivity contribution in [2.75, 3.05) is 26.2 Å². The van der Waals surface area contributed by atoms with Gasteiger partial charge in [-0.3, -0.25) is 0 Å². The Hall–Kier alpha value is -1.03. The van der Waals surface area contributed by atoms with E-state index in [2.05, 4.69) is 5.32 Å². The first kappa shape index (κ1) is 12.4. The SMILES string of the molecule is CC(C)(C)OC(=O)N1CCC2=C(CCNC2)C1. The van der Waals surface area contributed by atoms with Crippen LogP contribution in [0.2, 0.25) is 0 Å². The summed E-state index contributed by atoms with van der Waals surface area (Å²) >= 11 is 0. The third-order valence-corrected chi connectivity index (χ3v) is 3.16. The highest BCUT2D eigenvalue weighted by Crippen LogP contribution is 2.23. The third-order valence-electron chi connectivity index (χ3n) is 3.16. The fourth-order valence-electron chi connectivity index (χ4n) is 2.30. The summed E-state index contributed by atoms with van der Waals surface area (Å²) in [6, 6.07) is 0. The summed E-state index contributed by atoms with van der Waals surface area (Å²) in [6.07, 6.45) is 1.87. The van der Waals surface area contributed by atoms with E-state index in [1.807, 2.05) is 25.7 Å². The standard InChI is InChI=1S/C13H22N2O2/c1-13(2,3)17-12(16)15-7-5-10-8-14-6-4-11(10)9-15/h14H,4-9H2,1-3H3. The molecule has 0 saturated heterocycles. The lowest BCUT2D eigenvalue weighted by Crippen LogP contribution is -2.43. The molecule has 2 aliphatic rings. The van der Waals surface area contributed by atoms with Crippen LogP contribution >= 0.6 is 0 Å². The zero-order chi connectivity index (χ0) is 12.5. The highest BCUT2D eigenvalue weighted by molar-refractivity contribution is 5.69. The van der Waals surface area contributed by atoms with Crippen molar-refractivity contribution >= 4 is 6.09 Å². The normalized spacial score (nSPS) is 21.2. The molecule has 96 valence electrons. The smallest absolute Gasteiger partial charge is 0.410 e. The fraction of sp³-hybridized carbons (Fsp3) is 0.769. The van der Waals surface area contributed by atoms with E-state index in [1.54, 1.807) is 0 Å². The molecule has 4 heteroatoms. The molecule has 17 heavy (non-hydrogen) atoms. The van der Waals surface area contributed by atoms with Crippen molar-refractivity contribution in [2.24, 2.45) is 0 Å². The molecular weight excluding hydrogens is 216 g/mol. The van der Waals surface area contributed by atoms with Crippen LogP contribution in [0.3, 0.4) is 0 Å². The highest BCUT2D eigenvalue weighted by Gasteiger charge is 2.27. The van der Waals surface area contributed by atoms with Crippen molar-refractivity contribution in [3.8, 4) is 0 Å². The van der Waals surface area contributed by atoms with Gasteiger partial charge in [-0.1, -0.05) is 5.57 Å². The zero-order valence-electron chi connectivity index (χ0n) is 11.0. The van der Waals surface area contributed by atoms with E-state index in [0.717, 1.165) is 39.0 Å². The Kier molecular flexibility index (Phi) is 3.43. The third kappa shape index (κ3) is 3.22. The average Bonchev–Trinajstić information content (AvgIpc) is 2.26. The van der Waals surface area contributed by atoms with Gasteiger partial charge in [0.05, 0.1) is 0 Å². The van der Waals surface area contributed by atoms with Crippen molar-refractivity contribution in [3.63, 3.8) is 0 Å². The van der Waals surface area contributed by atoms with Crippen molar-refractivity contribution < 1.29 is 9.53 Å². The van der Waals surface area contributed by atoms with E-state index >= 15 is 0 Å². The molecule has 0 radical (unpaired) electrons. The van der Waals surface area contributed by atoms with Gasteiger partial charge in [0, 0.05) is 19.6 Å². The second kappa shape index (κ2) is 4.69. The van der Waals surface area contributed by atoms with Gasteiger partial charge in [-0.25, -0.2) is 4.79 Å². The molecule has 0 unspecified atom stereocenters.